The summed E-state index contributed by atoms with van der Waals surface area (Å²) in [5.41, 5.74) is 1.82. The molecular weight excluding hydrogens is 429 g/mol. The number of aliphatic hydroxyl groups is 1. The van der Waals surface area contributed by atoms with E-state index in [-0.39, 0.29) is 0 Å². The van der Waals surface area contributed by atoms with Crippen LogP contribution < -0.4 is 14.8 Å². The minimum Gasteiger partial charge on any atom is -0.493 e. The average Bonchev–Trinajstić information content (AvgIpc) is 2.57. The fourth-order valence-corrected chi connectivity index (χ4v) is 3.03. The van der Waals surface area contributed by atoms with E-state index < -0.39 is 6.10 Å². The summed E-state index contributed by atoms with van der Waals surface area (Å²) in [6.07, 6.45) is -0.426. The van der Waals surface area contributed by atoms with Crippen molar-refractivity contribution in [1.82, 2.24) is 5.32 Å². The first-order valence-corrected chi connectivity index (χ1v) is 9.28. The molecule has 2 aromatic rings. The van der Waals surface area contributed by atoms with Gasteiger partial charge in [-0.25, -0.2) is 0 Å². The van der Waals surface area contributed by atoms with Crippen LogP contribution in [0.25, 0.3) is 0 Å². The van der Waals surface area contributed by atoms with Gasteiger partial charge in [-0.15, -0.1) is 0 Å². The molecule has 2 aromatic carbocycles. The Morgan fingerprint density at radius 2 is 1.96 bits per heavy atom. The maximum atomic E-state index is 9.42. The average molecular weight is 449 g/mol. The smallest absolute Gasteiger partial charge is 0.167 e. The summed E-state index contributed by atoms with van der Waals surface area (Å²) in [6, 6.07) is 9.13. The molecule has 0 aliphatic carbocycles. The van der Waals surface area contributed by atoms with E-state index in [2.05, 4.69) is 21.2 Å². The van der Waals surface area contributed by atoms with Crippen molar-refractivity contribution in [3.05, 3.63) is 56.0 Å². The van der Waals surface area contributed by atoms with E-state index in [0.29, 0.717) is 41.2 Å². The molecule has 1 unspecified atom stereocenters. The third-order valence-corrected chi connectivity index (χ3v) is 4.98. The van der Waals surface area contributed by atoms with Gasteiger partial charge >= 0.3 is 0 Å². The van der Waals surface area contributed by atoms with Gasteiger partial charge in [0.05, 0.1) is 23.3 Å². The lowest BCUT2D eigenvalue weighted by molar-refractivity contribution is 0.190. The number of aliphatic hydroxyl groups excluding tert-OH is 1. The van der Waals surface area contributed by atoms with Crippen LogP contribution >= 0.6 is 39.1 Å². The first kappa shape index (κ1) is 20.3. The second kappa shape index (κ2) is 9.64. The monoisotopic (exact) mass is 447 g/mol. The van der Waals surface area contributed by atoms with Crippen LogP contribution in [-0.2, 0) is 13.2 Å². The highest BCUT2D eigenvalue weighted by molar-refractivity contribution is 9.10. The summed E-state index contributed by atoms with van der Waals surface area (Å²) in [5, 5.41) is 13.6. The summed E-state index contributed by atoms with van der Waals surface area (Å²) in [4.78, 5) is 0. The van der Waals surface area contributed by atoms with Crippen molar-refractivity contribution >= 4 is 39.1 Å². The van der Waals surface area contributed by atoms with Gasteiger partial charge in [0.1, 0.15) is 6.61 Å². The lowest BCUT2D eigenvalue weighted by Crippen LogP contribution is -2.24. The van der Waals surface area contributed by atoms with Crippen molar-refractivity contribution < 1.29 is 14.6 Å². The second-order valence-electron chi connectivity index (χ2n) is 5.57. The zero-order valence-corrected chi connectivity index (χ0v) is 17.1. The van der Waals surface area contributed by atoms with Crippen LogP contribution in [0.3, 0.4) is 0 Å². The molecule has 1 atom stereocenters. The van der Waals surface area contributed by atoms with Crippen molar-refractivity contribution in [3.63, 3.8) is 0 Å². The normalized spacial score (nSPS) is 12.1. The molecular formula is C18H20BrCl2NO3. The Balaban J connectivity index is 2.21. The van der Waals surface area contributed by atoms with Crippen LogP contribution in [0.1, 0.15) is 18.1 Å². The summed E-state index contributed by atoms with van der Waals surface area (Å²) in [5.74, 6) is 1.28. The maximum absolute atomic E-state index is 9.42. The number of ether oxygens (including phenoxy) is 2. The van der Waals surface area contributed by atoms with Gasteiger partial charge in [0, 0.05) is 23.1 Å². The Kier molecular flexibility index (Phi) is 7.84. The summed E-state index contributed by atoms with van der Waals surface area (Å²) >= 11 is 15.6. The number of halogens is 3. The fourth-order valence-electron chi connectivity index (χ4n) is 2.26. The van der Waals surface area contributed by atoms with Crippen LogP contribution in [0.5, 0.6) is 11.5 Å². The predicted octanol–water partition coefficient (Wildman–Crippen LogP) is 4.81. The number of benzene rings is 2. The molecule has 0 amide bonds. The zero-order valence-electron chi connectivity index (χ0n) is 14.0. The SMILES string of the molecule is COc1ccc(Br)c(CNCC(C)O)c1OCc1ccc(Cl)c(Cl)c1. The third kappa shape index (κ3) is 5.76. The molecule has 0 fully saturated rings. The molecule has 0 radical (unpaired) electrons. The van der Waals surface area contributed by atoms with Crippen LogP contribution in [0.15, 0.2) is 34.8 Å². The van der Waals surface area contributed by atoms with Crippen molar-refractivity contribution in [2.45, 2.75) is 26.2 Å². The van der Waals surface area contributed by atoms with Crippen LogP contribution in [-0.4, -0.2) is 24.9 Å². The van der Waals surface area contributed by atoms with Gasteiger partial charge in [-0.3, -0.25) is 0 Å². The maximum Gasteiger partial charge on any atom is 0.167 e. The lowest BCUT2D eigenvalue weighted by atomic mass is 10.1. The Morgan fingerprint density at radius 1 is 1.20 bits per heavy atom. The molecule has 0 saturated heterocycles. The standard InChI is InChI=1S/C18H20BrCl2NO3/c1-11(23)8-22-9-13-14(19)4-6-17(24-2)18(13)25-10-12-3-5-15(20)16(21)7-12/h3-7,11,22-23H,8-10H2,1-2H3. The Hall–Kier alpha value is -0.980. The molecule has 2 N–H and O–H groups in total. The summed E-state index contributed by atoms with van der Waals surface area (Å²) in [7, 11) is 1.60. The Morgan fingerprint density at radius 3 is 2.60 bits per heavy atom. The Labute approximate surface area is 166 Å². The van der Waals surface area contributed by atoms with Crippen molar-refractivity contribution in [1.29, 1.82) is 0 Å². The highest BCUT2D eigenvalue weighted by Gasteiger charge is 2.15. The highest BCUT2D eigenvalue weighted by Crippen LogP contribution is 2.37. The second-order valence-corrected chi connectivity index (χ2v) is 7.24. The number of hydrogen-bond donors (Lipinski definition) is 2. The lowest BCUT2D eigenvalue weighted by Gasteiger charge is -2.18. The first-order valence-electron chi connectivity index (χ1n) is 7.73. The molecule has 7 heteroatoms. The summed E-state index contributed by atoms with van der Waals surface area (Å²) < 4.78 is 12.3. The van der Waals surface area contributed by atoms with E-state index >= 15 is 0 Å². The minimum atomic E-state index is -0.426. The van der Waals surface area contributed by atoms with E-state index in [1.165, 1.54) is 0 Å². The number of nitrogens with one attached hydrogen (secondary N) is 1. The van der Waals surface area contributed by atoms with Gasteiger partial charge in [-0.05, 0) is 36.8 Å². The summed E-state index contributed by atoms with van der Waals surface area (Å²) in [6.45, 7) is 3.07. The molecule has 0 aliphatic heterocycles. The molecule has 136 valence electrons. The quantitative estimate of drug-likeness (QED) is 0.608. The fraction of sp³-hybridized carbons (Fsp3) is 0.333. The van der Waals surface area contributed by atoms with Gasteiger partial charge < -0.3 is 19.9 Å². The van der Waals surface area contributed by atoms with Crippen molar-refractivity contribution in [3.8, 4) is 11.5 Å². The van der Waals surface area contributed by atoms with E-state index in [0.717, 1.165) is 15.6 Å². The van der Waals surface area contributed by atoms with Gasteiger partial charge in [-0.2, -0.15) is 0 Å². The number of methoxy groups -OCH3 is 1. The Bertz CT molecular complexity index is 726. The first-order chi connectivity index (χ1) is 11.9. The van der Waals surface area contributed by atoms with Gasteiger partial charge in [-0.1, -0.05) is 45.2 Å². The molecule has 0 spiro atoms. The van der Waals surface area contributed by atoms with Crippen molar-refractivity contribution in [2.24, 2.45) is 0 Å². The van der Waals surface area contributed by atoms with Gasteiger partial charge in [0.2, 0.25) is 0 Å². The van der Waals surface area contributed by atoms with Gasteiger partial charge in [0.15, 0.2) is 11.5 Å². The van der Waals surface area contributed by atoms with Crippen LogP contribution in [0, 0.1) is 0 Å². The van der Waals surface area contributed by atoms with Gasteiger partial charge in [0.25, 0.3) is 0 Å². The predicted molar refractivity (Wildman–Crippen MR) is 105 cm³/mol. The number of hydrogen-bond acceptors (Lipinski definition) is 4. The molecule has 0 saturated carbocycles. The topological polar surface area (TPSA) is 50.7 Å². The van der Waals surface area contributed by atoms with E-state index in [9.17, 15) is 5.11 Å². The molecule has 0 aromatic heterocycles. The molecule has 25 heavy (non-hydrogen) atoms. The highest BCUT2D eigenvalue weighted by atomic mass is 79.9. The van der Waals surface area contributed by atoms with Crippen LogP contribution in [0.4, 0.5) is 0 Å². The minimum absolute atomic E-state index is 0.326. The molecule has 0 aliphatic rings. The molecule has 0 heterocycles. The van der Waals surface area contributed by atoms with E-state index in [1.54, 1.807) is 26.2 Å². The largest absolute Gasteiger partial charge is 0.493 e. The van der Waals surface area contributed by atoms with Crippen LogP contribution in [0.2, 0.25) is 10.0 Å². The molecule has 2 rings (SSSR count). The van der Waals surface area contributed by atoms with E-state index in [1.807, 2.05) is 18.2 Å². The van der Waals surface area contributed by atoms with E-state index in [4.69, 9.17) is 32.7 Å². The number of rotatable bonds is 8. The third-order valence-electron chi connectivity index (χ3n) is 3.50. The van der Waals surface area contributed by atoms with Crippen molar-refractivity contribution in [2.75, 3.05) is 13.7 Å². The zero-order chi connectivity index (χ0) is 18.4. The molecule has 0 bridgehead atoms. The molecule has 4 nitrogen and oxygen atoms in total.